The number of rotatable bonds is 2. The number of hydrogen-bond acceptors (Lipinski definition) is 2. The molecule has 0 aliphatic carbocycles. The van der Waals surface area contributed by atoms with Crippen LogP contribution in [-0.4, -0.2) is 22.9 Å². The second-order valence-electron chi connectivity index (χ2n) is 12.0. The Balaban J connectivity index is 1.54. The van der Waals surface area contributed by atoms with Gasteiger partial charge in [-0.2, -0.15) is 0 Å². The Bertz CT molecular complexity index is 2070. The van der Waals surface area contributed by atoms with Crippen molar-refractivity contribution < 1.29 is 9.31 Å². The molecule has 1 aliphatic heterocycles. The van der Waals surface area contributed by atoms with Crippen molar-refractivity contribution in [2.45, 2.75) is 38.9 Å². The summed E-state index contributed by atoms with van der Waals surface area (Å²) in [5.41, 5.74) is 3.84. The molecule has 8 rings (SSSR count). The van der Waals surface area contributed by atoms with E-state index in [-0.39, 0.29) is 0 Å². The Morgan fingerprint density at radius 2 is 0.950 bits per heavy atom. The first-order chi connectivity index (χ1) is 19.4. The van der Waals surface area contributed by atoms with Crippen molar-refractivity contribution in [2.24, 2.45) is 0 Å². The first-order valence-corrected chi connectivity index (χ1v) is 14.1. The largest absolute Gasteiger partial charge is 0.495 e. The molecule has 40 heavy (non-hydrogen) atoms. The Morgan fingerprint density at radius 3 is 1.60 bits per heavy atom. The zero-order valence-electron chi connectivity index (χ0n) is 23.2. The van der Waals surface area contributed by atoms with E-state index >= 15 is 0 Å². The molecule has 7 aromatic rings. The second kappa shape index (κ2) is 8.20. The molecule has 0 spiro atoms. The van der Waals surface area contributed by atoms with E-state index in [0.717, 1.165) is 5.46 Å². The lowest BCUT2D eigenvalue weighted by Gasteiger charge is -2.32. The van der Waals surface area contributed by atoms with Crippen molar-refractivity contribution in [3.8, 4) is 5.69 Å². The van der Waals surface area contributed by atoms with Crippen LogP contribution in [0.15, 0.2) is 109 Å². The van der Waals surface area contributed by atoms with Gasteiger partial charge in [0, 0.05) is 16.2 Å². The smallest absolute Gasteiger partial charge is 0.399 e. The standard InChI is InChI=1S/C36H30BNO2/c1-35(2)36(3,4)40-37(39-35)29-19-11-18-28-33(29)26-16-6-5-13-23(26)27-17-12-22-32(34(27)28)38-30-20-9-7-14-24(30)25-15-8-10-21-31(25)38/h5-22H,1-4H3. The van der Waals surface area contributed by atoms with Crippen LogP contribution in [0, 0.1) is 0 Å². The van der Waals surface area contributed by atoms with Gasteiger partial charge in [-0.3, -0.25) is 0 Å². The van der Waals surface area contributed by atoms with Crippen molar-refractivity contribution in [2.75, 3.05) is 0 Å². The lowest BCUT2D eigenvalue weighted by molar-refractivity contribution is 0.00578. The van der Waals surface area contributed by atoms with E-state index in [1.54, 1.807) is 0 Å². The van der Waals surface area contributed by atoms with Crippen LogP contribution in [0.5, 0.6) is 0 Å². The molecule has 0 bridgehead atoms. The summed E-state index contributed by atoms with van der Waals surface area (Å²) in [6, 6.07) is 39.5. The Hall–Kier alpha value is -4.12. The van der Waals surface area contributed by atoms with Gasteiger partial charge in [-0.1, -0.05) is 91.0 Å². The first kappa shape index (κ1) is 23.7. The minimum atomic E-state index is -0.449. The molecule has 1 aliphatic rings. The van der Waals surface area contributed by atoms with Crippen molar-refractivity contribution in [1.82, 2.24) is 4.57 Å². The molecule has 1 saturated heterocycles. The summed E-state index contributed by atoms with van der Waals surface area (Å²) in [6.45, 7) is 8.47. The fraction of sp³-hybridized carbons (Fsp3) is 0.167. The third-order valence-corrected chi connectivity index (χ3v) is 9.22. The molecule has 0 atom stereocenters. The van der Waals surface area contributed by atoms with Gasteiger partial charge in [0.05, 0.1) is 27.9 Å². The van der Waals surface area contributed by atoms with E-state index in [2.05, 4.69) is 141 Å². The average Bonchev–Trinajstić information content (AvgIpc) is 3.41. The zero-order valence-corrected chi connectivity index (χ0v) is 23.2. The summed E-state index contributed by atoms with van der Waals surface area (Å²) in [6.07, 6.45) is 0. The number of hydrogen-bond donors (Lipinski definition) is 0. The van der Waals surface area contributed by atoms with Gasteiger partial charge in [0.15, 0.2) is 0 Å². The molecule has 6 aromatic carbocycles. The van der Waals surface area contributed by atoms with Gasteiger partial charge >= 0.3 is 7.12 Å². The maximum atomic E-state index is 6.61. The Labute approximate surface area is 234 Å². The van der Waals surface area contributed by atoms with Gasteiger partial charge < -0.3 is 13.9 Å². The van der Waals surface area contributed by atoms with Crippen LogP contribution in [0.25, 0.3) is 59.8 Å². The van der Waals surface area contributed by atoms with E-state index in [9.17, 15) is 0 Å². The third kappa shape index (κ3) is 3.15. The van der Waals surface area contributed by atoms with E-state index in [4.69, 9.17) is 9.31 Å². The molecular weight excluding hydrogens is 489 g/mol. The summed E-state index contributed by atoms with van der Waals surface area (Å²) < 4.78 is 15.7. The minimum Gasteiger partial charge on any atom is -0.399 e. The van der Waals surface area contributed by atoms with Crippen molar-refractivity contribution in [3.05, 3.63) is 109 Å². The lowest BCUT2D eigenvalue weighted by Crippen LogP contribution is -2.41. The summed E-state index contributed by atoms with van der Waals surface area (Å²) >= 11 is 0. The van der Waals surface area contributed by atoms with Gasteiger partial charge in [-0.05, 0) is 78.3 Å². The molecule has 4 heteroatoms. The van der Waals surface area contributed by atoms with E-state index in [0.29, 0.717) is 0 Å². The van der Waals surface area contributed by atoms with E-state index in [1.165, 1.54) is 59.8 Å². The van der Waals surface area contributed by atoms with Crippen LogP contribution in [0.3, 0.4) is 0 Å². The quantitative estimate of drug-likeness (QED) is 0.169. The van der Waals surface area contributed by atoms with Crippen LogP contribution >= 0.6 is 0 Å². The van der Waals surface area contributed by atoms with Gasteiger partial charge in [-0.15, -0.1) is 0 Å². The van der Waals surface area contributed by atoms with Gasteiger partial charge in [0.1, 0.15) is 0 Å². The van der Waals surface area contributed by atoms with Crippen LogP contribution in [0.1, 0.15) is 27.7 Å². The lowest BCUT2D eigenvalue weighted by atomic mass is 9.74. The number of benzene rings is 6. The third-order valence-electron chi connectivity index (χ3n) is 9.22. The van der Waals surface area contributed by atoms with E-state index < -0.39 is 18.3 Å². The van der Waals surface area contributed by atoms with Gasteiger partial charge in [0.2, 0.25) is 0 Å². The second-order valence-corrected chi connectivity index (χ2v) is 12.0. The maximum absolute atomic E-state index is 6.61. The normalized spacial score (nSPS) is 16.6. The summed E-state index contributed by atoms with van der Waals surface area (Å²) in [5.74, 6) is 0. The molecule has 0 amide bonds. The Morgan fingerprint density at radius 1 is 0.475 bits per heavy atom. The topological polar surface area (TPSA) is 23.4 Å². The molecule has 3 nitrogen and oxygen atoms in total. The molecule has 1 aromatic heterocycles. The molecule has 194 valence electrons. The minimum absolute atomic E-state index is 0.416. The fourth-order valence-electron chi connectivity index (χ4n) is 6.60. The van der Waals surface area contributed by atoms with Crippen molar-refractivity contribution in [3.63, 3.8) is 0 Å². The summed E-state index contributed by atoms with van der Waals surface area (Å²) in [7, 11) is -0.449. The van der Waals surface area contributed by atoms with Crippen LogP contribution in [0.4, 0.5) is 0 Å². The van der Waals surface area contributed by atoms with Gasteiger partial charge in [0.25, 0.3) is 0 Å². The summed E-state index contributed by atoms with van der Waals surface area (Å²) in [5, 5.41) is 9.85. The number of aromatic nitrogens is 1. The average molecular weight is 519 g/mol. The SMILES string of the molecule is CC1(C)OB(c2cccc3c2c2ccccc2c2cccc(-n4c5ccccc5c5ccccc54)c23)OC1(C)C. The highest BCUT2D eigenvalue weighted by molar-refractivity contribution is 6.66. The monoisotopic (exact) mass is 519 g/mol. The van der Waals surface area contributed by atoms with Gasteiger partial charge in [-0.25, -0.2) is 0 Å². The zero-order chi connectivity index (χ0) is 27.2. The number of nitrogens with zero attached hydrogens (tertiary/aromatic N) is 1. The highest BCUT2D eigenvalue weighted by Gasteiger charge is 2.52. The molecule has 0 radical (unpaired) electrons. The van der Waals surface area contributed by atoms with E-state index in [1.807, 2.05) is 0 Å². The van der Waals surface area contributed by atoms with Crippen molar-refractivity contribution >= 4 is 66.7 Å². The summed E-state index contributed by atoms with van der Waals surface area (Å²) in [4.78, 5) is 0. The molecule has 0 N–H and O–H groups in total. The molecule has 0 saturated carbocycles. The van der Waals surface area contributed by atoms with Crippen LogP contribution < -0.4 is 5.46 Å². The maximum Gasteiger partial charge on any atom is 0.495 e. The number of para-hydroxylation sites is 2. The molecule has 2 heterocycles. The molecule has 1 fully saturated rings. The van der Waals surface area contributed by atoms with Crippen LogP contribution in [0.2, 0.25) is 0 Å². The highest BCUT2D eigenvalue weighted by atomic mass is 16.7. The molecular formula is C36H30BNO2. The molecule has 0 unspecified atom stereocenters. The predicted molar refractivity (Wildman–Crippen MR) is 169 cm³/mol. The van der Waals surface area contributed by atoms with Crippen molar-refractivity contribution in [1.29, 1.82) is 0 Å². The first-order valence-electron chi connectivity index (χ1n) is 14.1. The predicted octanol–water partition coefficient (Wildman–Crippen LogP) is 8.54. The van der Waals surface area contributed by atoms with Crippen LogP contribution in [-0.2, 0) is 9.31 Å². The highest BCUT2D eigenvalue weighted by Crippen LogP contribution is 2.42. The number of fused-ring (bicyclic) bond motifs is 9. The Kier molecular flexibility index (Phi) is 4.87. The fourth-order valence-corrected chi connectivity index (χ4v) is 6.60.